The highest BCUT2D eigenvalue weighted by Gasteiger charge is 2.12. The smallest absolute Gasteiger partial charge is 0.276 e. The first-order valence-electron chi connectivity index (χ1n) is 5.03. The minimum atomic E-state index is -0.832. The van der Waals surface area contributed by atoms with Crippen molar-refractivity contribution in [1.82, 2.24) is 0 Å². The zero-order valence-electron chi connectivity index (χ0n) is 9.27. The largest absolute Gasteiger partial charge is 0.454 e. The fourth-order valence-electron chi connectivity index (χ4n) is 1.40. The third-order valence-corrected chi connectivity index (χ3v) is 2.68. The van der Waals surface area contributed by atoms with Crippen molar-refractivity contribution in [2.24, 2.45) is 0 Å². The summed E-state index contributed by atoms with van der Waals surface area (Å²) in [6.07, 6.45) is 0. The van der Waals surface area contributed by atoms with Gasteiger partial charge in [-0.1, -0.05) is 15.9 Å². The van der Waals surface area contributed by atoms with Crippen LogP contribution in [0.25, 0.3) is 0 Å². The number of non-ortho nitro benzene ring substituents is 1. The van der Waals surface area contributed by atoms with Crippen molar-refractivity contribution in [3.63, 3.8) is 0 Å². The van der Waals surface area contributed by atoms with Crippen molar-refractivity contribution in [1.29, 1.82) is 0 Å². The maximum absolute atomic E-state index is 13.5. The average molecular weight is 330 g/mol. The Kier molecular flexibility index (Phi) is 3.75. The molecule has 2 rings (SSSR count). The number of hydrogen-bond acceptors (Lipinski definition) is 3. The molecule has 0 radical (unpaired) electrons. The highest BCUT2D eigenvalue weighted by molar-refractivity contribution is 9.10. The second-order valence-electron chi connectivity index (χ2n) is 3.58. The molecule has 0 fully saturated rings. The maximum Gasteiger partial charge on any atom is 0.276 e. The van der Waals surface area contributed by atoms with Crippen LogP contribution in [0.15, 0.2) is 40.9 Å². The van der Waals surface area contributed by atoms with E-state index in [-0.39, 0.29) is 11.5 Å². The summed E-state index contributed by atoms with van der Waals surface area (Å²) in [6, 6.07) is 6.75. The lowest BCUT2D eigenvalue weighted by Gasteiger charge is -2.07. The van der Waals surface area contributed by atoms with Crippen LogP contribution in [0.1, 0.15) is 0 Å². The van der Waals surface area contributed by atoms with E-state index >= 15 is 0 Å². The number of halogens is 3. The molecule has 0 aliphatic rings. The van der Waals surface area contributed by atoms with Crippen molar-refractivity contribution in [3.05, 3.63) is 62.6 Å². The summed E-state index contributed by atoms with van der Waals surface area (Å²) in [5, 5.41) is 10.6. The molecule has 0 heterocycles. The molecule has 98 valence electrons. The summed E-state index contributed by atoms with van der Waals surface area (Å²) in [5.74, 6) is -1.79. The zero-order valence-corrected chi connectivity index (χ0v) is 10.9. The van der Waals surface area contributed by atoms with E-state index in [0.29, 0.717) is 4.47 Å². The fourth-order valence-corrected chi connectivity index (χ4v) is 1.73. The maximum atomic E-state index is 13.5. The zero-order chi connectivity index (χ0) is 14.0. The van der Waals surface area contributed by atoms with Gasteiger partial charge in [0.2, 0.25) is 0 Å². The van der Waals surface area contributed by atoms with Crippen molar-refractivity contribution in [2.75, 3.05) is 0 Å². The molecule has 0 aromatic heterocycles. The van der Waals surface area contributed by atoms with Gasteiger partial charge in [0.1, 0.15) is 11.6 Å². The third kappa shape index (κ3) is 3.25. The summed E-state index contributed by atoms with van der Waals surface area (Å²) in [7, 11) is 0. The second kappa shape index (κ2) is 5.31. The van der Waals surface area contributed by atoms with Gasteiger partial charge in [0.25, 0.3) is 5.69 Å². The fraction of sp³-hybridized carbons (Fsp3) is 0. The van der Waals surface area contributed by atoms with E-state index in [9.17, 15) is 18.9 Å². The first kappa shape index (κ1) is 13.4. The Morgan fingerprint density at radius 3 is 2.53 bits per heavy atom. The van der Waals surface area contributed by atoms with Gasteiger partial charge in [0.15, 0.2) is 11.6 Å². The van der Waals surface area contributed by atoms with Gasteiger partial charge < -0.3 is 4.74 Å². The molecule has 0 saturated carbocycles. The number of benzene rings is 2. The topological polar surface area (TPSA) is 52.4 Å². The monoisotopic (exact) mass is 329 g/mol. The lowest BCUT2D eigenvalue weighted by molar-refractivity contribution is -0.385. The van der Waals surface area contributed by atoms with Gasteiger partial charge in [-0.3, -0.25) is 10.1 Å². The van der Waals surface area contributed by atoms with Crippen LogP contribution in [0.2, 0.25) is 0 Å². The minimum Gasteiger partial charge on any atom is -0.454 e. The lowest BCUT2D eigenvalue weighted by Crippen LogP contribution is -1.93. The molecule has 0 saturated heterocycles. The van der Waals surface area contributed by atoms with Crippen molar-refractivity contribution in [2.45, 2.75) is 0 Å². The predicted molar refractivity (Wildman–Crippen MR) is 67.2 cm³/mol. The van der Waals surface area contributed by atoms with E-state index in [0.717, 1.165) is 18.2 Å². The molecular formula is C12H6BrF2NO3. The highest BCUT2D eigenvalue weighted by atomic mass is 79.9. The summed E-state index contributed by atoms with van der Waals surface area (Å²) >= 11 is 3.08. The molecule has 0 aliphatic heterocycles. The number of rotatable bonds is 3. The molecule has 0 bridgehead atoms. The lowest BCUT2D eigenvalue weighted by atomic mass is 10.3. The molecule has 0 spiro atoms. The first-order chi connectivity index (χ1) is 8.95. The Bertz CT molecular complexity index is 649. The number of nitrogens with zero attached hydrogens (tertiary/aromatic N) is 1. The molecule has 0 aliphatic carbocycles. The van der Waals surface area contributed by atoms with Gasteiger partial charge >= 0.3 is 0 Å². The Balaban J connectivity index is 2.35. The predicted octanol–water partition coefficient (Wildman–Crippen LogP) is 4.43. The number of ether oxygens (including phenoxy) is 1. The second-order valence-corrected chi connectivity index (χ2v) is 4.49. The molecule has 4 nitrogen and oxygen atoms in total. The molecular weight excluding hydrogens is 324 g/mol. The highest BCUT2D eigenvalue weighted by Crippen LogP contribution is 2.29. The van der Waals surface area contributed by atoms with E-state index in [2.05, 4.69) is 15.9 Å². The average Bonchev–Trinajstić information content (AvgIpc) is 2.32. The summed E-state index contributed by atoms with van der Waals surface area (Å²) in [4.78, 5) is 9.82. The van der Waals surface area contributed by atoms with E-state index in [1.165, 1.54) is 18.2 Å². The third-order valence-electron chi connectivity index (χ3n) is 2.19. The summed E-state index contributed by atoms with van der Waals surface area (Å²) < 4.78 is 32.3. The van der Waals surface area contributed by atoms with Crippen LogP contribution in [0.3, 0.4) is 0 Å². The van der Waals surface area contributed by atoms with Crippen LogP contribution < -0.4 is 4.74 Å². The van der Waals surface area contributed by atoms with Crippen LogP contribution in [0, 0.1) is 21.7 Å². The molecule has 0 N–H and O–H groups in total. The molecule has 0 unspecified atom stereocenters. The normalized spacial score (nSPS) is 10.3. The summed E-state index contributed by atoms with van der Waals surface area (Å²) in [6.45, 7) is 0. The Labute approximate surface area is 114 Å². The van der Waals surface area contributed by atoms with Crippen molar-refractivity contribution in [3.8, 4) is 11.5 Å². The summed E-state index contributed by atoms with van der Waals surface area (Å²) in [5.41, 5.74) is -0.465. The standard InChI is InChI=1S/C12H6BrF2NO3/c13-7-1-2-12(11(15)3-7)19-10-5-8(14)4-9(6-10)16(17)18/h1-6H. The van der Waals surface area contributed by atoms with Gasteiger partial charge in [0, 0.05) is 10.5 Å². The quantitative estimate of drug-likeness (QED) is 0.618. The van der Waals surface area contributed by atoms with Crippen LogP contribution in [0.5, 0.6) is 11.5 Å². The van der Waals surface area contributed by atoms with Gasteiger partial charge in [-0.25, -0.2) is 8.78 Å². The molecule has 0 atom stereocenters. The van der Waals surface area contributed by atoms with Crippen molar-refractivity contribution < 1.29 is 18.4 Å². The molecule has 19 heavy (non-hydrogen) atoms. The van der Waals surface area contributed by atoms with Crippen LogP contribution in [0.4, 0.5) is 14.5 Å². The number of nitro groups is 1. The van der Waals surface area contributed by atoms with Crippen LogP contribution >= 0.6 is 15.9 Å². The van der Waals surface area contributed by atoms with Crippen molar-refractivity contribution >= 4 is 21.6 Å². The molecule has 0 amide bonds. The van der Waals surface area contributed by atoms with E-state index in [1.54, 1.807) is 0 Å². The Morgan fingerprint density at radius 1 is 1.16 bits per heavy atom. The van der Waals surface area contributed by atoms with Gasteiger partial charge in [-0.15, -0.1) is 0 Å². The van der Waals surface area contributed by atoms with E-state index in [4.69, 9.17) is 4.74 Å². The molecule has 2 aromatic rings. The minimum absolute atomic E-state index is 0.145. The SMILES string of the molecule is O=[N+]([O-])c1cc(F)cc(Oc2ccc(Br)cc2F)c1. The Hall–Kier alpha value is -2.02. The molecule has 2 aromatic carbocycles. The Morgan fingerprint density at radius 2 is 1.89 bits per heavy atom. The van der Waals surface area contributed by atoms with Crippen LogP contribution in [-0.4, -0.2) is 4.92 Å². The van der Waals surface area contributed by atoms with E-state index in [1.807, 2.05) is 0 Å². The number of nitro benzene ring substituents is 1. The van der Waals surface area contributed by atoms with Gasteiger partial charge in [-0.2, -0.15) is 0 Å². The van der Waals surface area contributed by atoms with Gasteiger partial charge in [0.05, 0.1) is 17.1 Å². The number of hydrogen-bond donors (Lipinski definition) is 0. The first-order valence-corrected chi connectivity index (χ1v) is 5.83. The van der Waals surface area contributed by atoms with Gasteiger partial charge in [-0.05, 0) is 18.2 Å². The van der Waals surface area contributed by atoms with E-state index < -0.39 is 22.2 Å². The van der Waals surface area contributed by atoms with Crippen LogP contribution in [-0.2, 0) is 0 Å². The molecule has 7 heteroatoms.